The fourth-order valence-corrected chi connectivity index (χ4v) is 3.42. The third-order valence-electron chi connectivity index (χ3n) is 4.52. The van der Waals surface area contributed by atoms with Crippen LogP contribution in [0, 0.1) is 13.8 Å². The van der Waals surface area contributed by atoms with Gasteiger partial charge in [0.1, 0.15) is 0 Å². The van der Waals surface area contributed by atoms with Gasteiger partial charge in [-0.3, -0.25) is 0 Å². The third kappa shape index (κ3) is 3.65. The lowest BCUT2D eigenvalue weighted by Gasteiger charge is -2.16. The molecule has 0 radical (unpaired) electrons. The van der Waals surface area contributed by atoms with Crippen molar-refractivity contribution in [3.8, 4) is 11.1 Å². The minimum Gasteiger partial charge on any atom is -0.0683 e. The molecule has 0 saturated carbocycles. The van der Waals surface area contributed by atoms with E-state index in [1.807, 2.05) is 27.7 Å². The topological polar surface area (TPSA) is 0 Å². The monoisotopic (exact) mass is 342 g/mol. The van der Waals surface area contributed by atoms with Crippen molar-refractivity contribution in [2.24, 2.45) is 0 Å². The Labute approximate surface area is 158 Å². The summed E-state index contributed by atoms with van der Waals surface area (Å²) in [4.78, 5) is 0. The van der Waals surface area contributed by atoms with Crippen molar-refractivity contribution >= 4 is 21.5 Å². The first-order chi connectivity index (χ1) is 12.8. The summed E-state index contributed by atoms with van der Waals surface area (Å²) < 4.78 is 0. The molecule has 26 heavy (non-hydrogen) atoms. The summed E-state index contributed by atoms with van der Waals surface area (Å²) in [6.07, 6.45) is 0. The molecule has 0 spiro atoms. The maximum absolute atomic E-state index is 2.24. The molecule has 0 amide bonds. The van der Waals surface area contributed by atoms with Gasteiger partial charge >= 0.3 is 0 Å². The van der Waals surface area contributed by atoms with Gasteiger partial charge in [0.2, 0.25) is 0 Å². The highest BCUT2D eigenvalue weighted by Crippen LogP contribution is 2.38. The number of aryl methyl sites for hydroxylation is 2. The van der Waals surface area contributed by atoms with Gasteiger partial charge in [0, 0.05) is 0 Å². The standard InChI is InChI=1S/C22H18.2C2H6/c1-15-11-13-17-7-3-5-9-19(17)21(15)22-16(2)12-14-18-8-4-6-10-20(18)22;2*1-2/h3-14H,1-2H3;2*1-2H3. The molecular formula is C26H30. The van der Waals surface area contributed by atoms with E-state index in [9.17, 15) is 0 Å². The molecule has 0 atom stereocenters. The van der Waals surface area contributed by atoms with Gasteiger partial charge in [0.15, 0.2) is 0 Å². The predicted octanol–water partition coefficient (Wildman–Crippen LogP) is 8.33. The predicted molar refractivity (Wildman–Crippen MR) is 119 cm³/mol. The van der Waals surface area contributed by atoms with Crippen molar-refractivity contribution in [3.05, 3.63) is 83.9 Å². The van der Waals surface area contributed by atoms with Gasteiger partial charge in [-0.15, -0.1) is 0 Å². The van der Waals surface area contributed by atoms with Crippen LogP contribution in [0.25, 0.3) is 32.7 Å². The Morgan fingerprint density at radius 3 is 1.15 bits per heavy atom. The molecule has 0 bridgehead atoms. The summed E-state index contributed by atoms with van der Waals surface area (Å²) in [6, 6.07) is 26.2. The van der Waals surface area contributed by atoms with Gasteiger partial charge in [0.25, 0.3) is 0 Å². The molecule has 0 aliphatic rings. The number of rotatable bonds is 1. The molecule has 0 aliphatic heterocycles. The van der Waals surface area contributed by atoms with E-state index in [1.165, 1.54) is 43.8 Å². The Morgan fingerprint density at radius 2 is 0.769 bits per heavy atom. The average Bonchev–Trinajstić information content (AvgIpc) is 2.72. The van der Waals surface area contributed by atoms with Crippen LogP contribution in [0.15, 0.2) is 72.8 Å². The van der Waals surface area contributed by atoms with Crippen LogP contribution in [-0.2, 0) is 0 Å². The summed E-state index contributed by atoms with van der Waals surface area (Å²) in [5.74, 6) is 0. The number of benzene rings is 4. The van der Waals surface area contributed by atoms with Crippen molar-refractivity contribution in [2.45, 2.75) is 41.5 Å². The number of hydrogen-bond donors (Lipinski definition) is 0. The summed E-state index contributed by atoms with van der Waals surface area (Å²) in [5, 5.41) is 5.27. The fraction of sp³-hybridized carbons (Fsp3) is 0.231. The van der Waals surface area contributed by atoms with Crippen molar-refractivity contribution in [2.75, 3.05) is 0 Å². The van der Waals surface area contributed by atoms with Crippen LogP contribution >= 0.6 is 0 Å². The lowest BCUT2D eigenvalue weighted by molar-refractivity contribution is 1.45. The molecular weight excluding hydrogens is 312 g/mol. The molecule has 0 N–H and O–H groups in total. The highest BCUT2D eigenvalue weighted by molar-refractivity contribution is 6.07. The van der Waals surface area contributed by atoms with Gasteiger partial charge in [-0.25, -0.2) is 0 Å². The molecule has 0 unspecified atom stereocenters. The molecule has 4 aromatic carbocycles. The minimum absolute atomic E-state index is 1.30. The highest BCUT2D eigenvalue weighted by Gasteiger charge is 2.12. The van der Waals surface area contributed by atoms with Crippen LogP contribution in [0.5, 0.6) is 0 Å². The van der Waals surface area contributed by atoms with E-state index in [0.29, 0.717) is 0 Å². The zero-order chi connectivity index (χ0) is 19.1. The van der Waals surface area contributed by atoms with Crippen LogP contribution in [0.4, 0.5) is 0 Å². The smallest absolute Gasteiger partial charge is 0.00672 e. The van der Waals surface area contributed by atoms with E-state index >= 15 is 0 Å². The van der Waals surface area contributed by atoms with Gasteiger partial charge in [-0.05, 0) is 57.6 Å². The number of hydrogen-bond acceptors (Lipinski definition) is 0. The molecule has 4 aromatic rings. The second kappa shape index (κ2) is 9.20. The Balaban J connectivity index is 0.000000570. The molecule has 0 fully saturated rings. The molecule has 4 rings (SSSR count). The first kappa shape index (κ1) is 19.7. The van der Waals surface area contributed by atoms with E-state index in [1.54, 1.807) is 0 Å². The van der Waals surface area contributed by atoms with Crippen LogP contribution in [-0.4, -0.2) is 0 Å². The molecule has 0 nitrogen and oxygen atoms in total. The molecule has 134 valence electrons. The van der Waals surface area contributed by atoms with E-state index in [2.05, 4.69) is 86.6 Å². The Hall–Kier alpha value is -2.60. The van der Waals surface area contributed by atoms with Gasteiger partial charge in [0.05, 0.1) is 0 Å². The third-order valence-corrected chi connectivity index (χ3v) is 4.52. The lowest BCUT2D eigenvalue weighted by atomic mass is 9.88. The Morgan fingerprint density at radius 1 is 0.423 bits per heavy atom. The zero-order valence-corrected chi connectivity index (χ0v) is 16.9. The summed E-state index contributed by atoms with van der Waals surface area (Å²) in [6.45, 7) is 12.4. The second-order valence-corrected chi connectivity index (χ2v) is 5.96. The molecule has 0 heterocycles. The largest absolute Gasteiger partial charge is 0.0683 e. The first-order valence-electron chi connectivity index (χ1n) is 9.73. The molecule has 0 aliphatic carbocycles. The Kier molecular flexibility index (Phi) is 6.97. The quantitative estimate of drug-likeness (QED) is 0.326. The highest BCUT2D eigenvalue weighted by atomic mass is 14.2. The average molecular weight is 343 g/mol. The summed E-state index contributed by atoms with van der Waals surface area (Å²) >= 11 is 0. The van der Waals surface area contributed by atoms with E-state index < -0.39 is 0 Å². The van der Waals surface area contributed by atoms with E-state index in [4.69, 9.17) is 0 Å². The van der Waals surface area contributed by atoms with Crippen molar-refractivity contribution in [1.29, 1.82) is 0 Å². The number of fused-ring (bicyclic) bond motifs is 2. The van der Waals surface area contributed by atoms with Crippen LogP contribution in [0.2, 0.25) is 0 Å². The first-order valence-corrected chi connectivity index (χ1v) is 9.73. The normalized spacial score (nSPS) is 9.92. The van der Waals surface area contributed by atoms with Gasteiger partial charge in [-0.1, -0.05) is 100 Å². The van der Waals surface area contributed by atoms with Crippen molar-refractivity contribution < 1.29 is 0 Å². The summed E-state index contributed by atoms with van der Waals surface area (Å²) in [7, 11) is 0. The lowest BCUT2D eigenvalue weighted by Crippen LogP contribution is -1.91. The van der Waals surface area contributed by atoms with Gasteiger partial charge in [-0.2, -0.15) is 0 Å². The van der Waals surface area contributed by atoms with Gasteiger partial charge < -0.3 is 0 Å². The zero-order valence-electron chi connectivity index (χ0n) is 16.9. The van der Waals surface area contributed by atoms with Crippen LogP contribution in [0.3, 0.4) is 0 Å². The maximum Gasteiger partial charge on any atom is -0.00672 e. The van der Waals surface area contributed by atoms with Crippen molar-refractivity contribution in [3.63, 3.8) is 0 Å². The SMILES string of the molecule is CC.CC.Cc1ccc2ccccc2c1-c1c(C)ccc2ccccc12. The van der Waals surface area contributed by atoms with Crippen LogP contribution in [0.1, 0.15) is 38.8 Å². The molecule has 0 aromatic heterocycles. The fourth-order valence-electron chi connectivity index (χ4n) is 3.42. The van der Waals surface area contributed by atoms with E-state index in [-0.39, 0.29) is 0 Å². The molecule has 0 heteroatoms. The van der Waals surface area contributed by atoms with E-state index in [0.717, 1.165) is 0 Å². The molecule has 0 saturated heterocycles. The maximum atomic E-state index is 2.24. The van der Waals surface area contributed by atoms with Crippen molar-refractivity contribution in [1.82, 2.24) is 0 Å². The van der Waals surface area contributed by atoms with Crippen LogP contribution < -0.4 is 0 Å². The second-order valence-electron chi connectivity index (χ2n) is 5.96. The minimum atomic E-state index is 1.30. The summed E-state index contributed by atoms with van der Waals surface area (Å²) in [5.41, 5.74) is 5.40. The Bertz CT molecular complexity index is 910.